The smallest absolute Gasteiger partial charge is 0.111 e. The van der Waals surface area contributed by atoms with E-state index in [9.17, 15) is 0 Å². The molecule has 0 atom stereocenters. The van der Waals surface area contributed by atoms with Crippen molar-refractivity contribution in [2.45, 2.75) is 45.6 Å². The van der Waals surface area contributed by atoms with Gasteiger partial charge in [0, 0.05) is 18.8 Å². The monoisotopic (exact) mass is 324 g/mol. The average Bonchev–Trinajstić information content (AvgIpc) is 2.83. The third-order valence-electron chi connectivity index (χ3n) is 3.86. The van der Waals surface area contributed by atoms with Gasteiger partial charge in [0.1, 0.15) is 5.82 Å². The van der Waals surface area contributed by atoms with E-state index >= 15 is 0 Å². The number of aromatic nitrogens is 2. The molecule has 0 aliphatic rings. The van der Waals surface area contributed by atoms with Crippen molar-refractivity contribution >= 4 is 34.4 Å². The quantitative estimate of drug-likeness (QED) is 0.474. The van der Waals surface area contributed by atoms with E-state index in [4.69, 9.17) is 16.6 Å². The first-order valence-electron chi connectivity index (χ1n) is 7.77. The van der Waals surface area contributed by atoms with E-state index in [0.29, 0.717) is 5.88 Å². The number of hydrogen-bond acceptors (Lipinski definition) is 2. The summed E-state index contributed by atoms with van der Waals surface area (Å²) in [6.45, 7) is 3.19. The number of para-hydroxylation sites is 1. The summed E-state index contributed by atoms with van der Waals surface area (Å²) in [6, 6.07) is 6.44. The Labute approximate surface area is 137 Å². The molecule has 0 saturated heterocycles. The van der Waals surface area contributed by atoms with E-state index < -0.39 is 0 Å². The molecular weight excluding hydrogens is 300 g/mol. The van der Waals surface area contributed by atoms with Crippen LogP contribution in [0.1, 0.15) is 37.1 Å². The first-order valence-corrected chi connectivity index (χ1v) is 9.70. The number of nitrogens with zero attached hydrogens (tertiary/aromatic N) is 2. The molecule has 0 bridgehead atoms. The van der Waals surface area contributed by atoms with E-state index in [0.717, 1.165) is 24.3 Å². The Balaban J connectivity index is 2.06. The Kier molecular flexibility index (Phi) is 6.91. The number of thioether (sulfide) groups is 1. The molecule has 0 unspecified atom stereocenters. The summed E-state index contributed by atoms with van der Waals surface area (Å²) in [6.07, 6.45) is 8.22. The molecule has 0 aliphatic heterocycles. The highest BCUT2D eigenvalue weighted by molar-refractivity contribution is 7.98. The minimum absolute atomic E-state index is 0.635. The molecule has 0 amide bonds. The number of imidazole rings is 1. The van der Waals surface area contributed by atoms with Gasteiger partial charge in [-0.1, -0.05) is 25.0 Å². The summed E-state index contributed by atoms with van der Waals surface area (Å²) in [7, 11) is 0. The summed E-state index contributed by atoms with van der Waals surface area (Å²) in [5.41, 5.74) is 3.65. The molecule has 1 heterocycles. The molecule has 1 aromatic carbocycles. The van der Waals surface area contributed by atoms with Crippen LogP contribution in [0.15, 0.2) is 18.2 Å². The number of halogens is 1. The lowest BCUT2D eigenvalue weighted by Gasteiger charge is -2.08. The van der Waals surface area contributed by atoms with Gasteiger partial charge >= 0.3 is 0 Å². The summed E-state index contributed by atoms with van der Waals surface area (Å²) in [5, 5.41) is 0. The third-order valence-corrected chi connectivity index (χ3v) is 4.74. The maximum Gasteiger partial charge on any atom is 0.111 e. The summed E-state index contributed by atoms with van der Waals surface area (Å²) >= 11 is 7.88. The van der Waals surface area contributed by atoms with Gasteiger partial charge in [-0.15, -0.1) is 11.6 Å². The molecule has 0 aliphatic carbocycles. The first kappa shape index (κ1) is 16.7. The fourth-order valence-electron chi connectivity index (χ4n) is 2.73. The van der Waals surface area contributed by atoms with Crippen molar-refractivity contribution in [1.29, 1.82) is 0 Å². The minimum Gasteiger partial charge on any atom is -0.328 e. The van der Waals surface area contributed by atoms with Gasteiger partial charge in [0.25, 0.3) is 0 Å². The van der Waals surface area contributed by atoms with Crippen molar-refractivity contribution in [2.75, 3.05) is 17.9 Å². The highest BCUT2D eigenvalue weighted by Gasteiger charge is 2.11. The van der Waals surface area contributed by atoms with Gasteiger partial charge in [0.05, 0.1) is 11.0 Å². The van der Waals surface area contributed by atoms with E-state index in [1.54, 1.807) is 0 Å². The first-order chi connectivity index (χ1) is 10.3. The van der Waals surface area contributed by atoms with Crippen LogP contribution >= 0.6 is 23.4 Å². The molecule has 1 aromatic heterocycles. The van der Waals surface area contributed by atoms with Crippen LogP contribution in [0.25, 0.3) is 11.0 Å². The maximum absolute atomic E-state index is 5.94. The Morgan fingerprint density at radius 3 is 2.76 bits per heavy atom. The number of fused-ring (bicyclic) bond motifs is 1. The van der Waals surface area contributed by atoms with Crippen molar-refractivity contribution in [2.24, 2.45) is 0 Å². The second-order valence-electron chi connectivity index (χ2n) is 5.47. The molecule has 4 heteroatoms. The highest BCUT2D eigenvalue weighted by Crippen LogP contribution is 2.21. The van der Waals surface area contributed by atoms with Gasteiger partial charge in [0.15, 0.2) is 0 Å². The summed E-state index contributed by atoms with van der Waals surface area (Å²) in [5.74, 6) is 3.05. The summed E-state index contributed by atoms with van der Waals surface area (Å²) in [4.78, 5) is 4.81. The minimum atomic E-state index is 0.635. The molecule has 21 heavy (non-hydrogen) atoms. The van der Waals surface area contributed by atoms with Gasteiger partial charge in [-0.2, -0.15) is 11.8 Å². The zero-order chi connectivity index (χ0) is 15.1. The second-order valence-corrected chi connectivity index (χ2v) is 6.83. The van der Waals surface area contributed by atoms with Gasteiger partial charge in [-0.25, -0.2) is 4.98 Å². The number of hydrogen-bond donors (Lipinski definition) is 0. The standard InChI is InChI=1S/C17H25ClN2S/c1-14-8-7-9-15-17(14)19-16(10-11-18)20(15)12-5-3-4-6-13-21-2/h7-9H,3-6,10-13H2,1-2H3. The Morgan fingerprint density at radius 2 is 2.00 bits per heavy atom. The SMILES string of the molecule is CSCCCCCCn1c(CCCl)nc2c(C)cccc21. The van der Waals surface area contributed by atoms with Crippen molar-refractivity contribution in [1.82, 2.24) is 9.55 Å². The van der Waals surface area contributed by atoms with E-state index in [1.165, 1.54) is 42.5 Å². The Hall–Kier alpha value is -0.670. The molecule has 2 nitrogen and oxygen atoms in total. The van der Waals surface area contributed by atoms with Gasteiger partial charge < -0.3 is 4.57 Å². The molecular formula is C17H25ClN2S. The van der Waals surface area contributed by atoms with Gasteiger partial charge in [-0.05, 0) is 43.4 Å². The fraction of sp³-hybridized carbons (Fsp3) is 0.588. The van der Waals surface area contributed by atoms with Crippen LogP contribution in [-0.2, 0) is 13.0 Å². The lowest BCUT2D eigenvalue weighted by Crippen LogP contribution is -2.05. The Morgan fingerprint density at radius 1 is 1.19 bits per heavy atom. The molecule has 0 N–H and O–H groups in total. The van der Waals surface area contributed by atoms with Crippen LogP contribution in [0, 0.1) is 6.92 Å². The van der Waals surface area contributed by atoms with E-state index in [1.807, 2.05) is 11.8 Å². The predicted octanol–water partition coefficient (Wildman–Crippen LogP) is 5.05. The Bertz CT molecular complexity index is 565. The molecule has 0 saturated carbocycles. The maximum atomic E-state index is 5.94. The molecule has 0 radical (unpaired) electrons. The zero-order valence-electron chi connectivity index (χ0n) is 13.1. The number of benzene rings is 1. The second kappa shape index (κ2) is 8.70. The predicted molar refractivity (Wildman–Crippen MR) is 95.7 cm³/mol. The van der Waals surface area contributed by atoms with Crippen molar-refractivity contribution < 1.29 is 0 Å². The topological polar surface area (TPSA) is 17.8 Å². The van der Waals surface area contributed by atoms with E-state index in [2.05, 4.69) is 35.9 Å². The number of aryl methyl sites for hydroxylation is 3. The van der Waals surface area contributed by atoms with Gasteiger partial charge in [0.2, 0.25) is 0 Å². The molecule has 116 valence electrons. The lowest BCUT2D eigenvalue weighted by atomic mass is 10.2. The summed E-state index contributed by atoms with van der Waals surface area (Å²) < 4.78 is 2.37. The van der Waals surface area contributed by atoms with Crippen molar-refractivity contribution in [3.05, 3.63) is 29.6 Å². The number of rotatable bonds is 9. The molecule has 2 rings (SSSR count). The van der Waals surface area contributed by atoms with Crippen molar-refractivity contribution in [3.8, 4) is 0 Å². The molecule has 0 fully saturated rings. The van der Waals surface area contributed by atoms with Crippen molar-refractivity contribution in [3.63, 3.8) is 0 Å². The van der Waals surface area contributed by atoms with Crippen LogP contribution in [0.4, 0.5) is 0 Å². The van der Waals surface area contributed by atoms with Crippen LogP contribution < -0.4 is 0 Å². The highest BCUT2D eigenvalue weighted by atomic mass is 35.5. The number of alkyl halides is 1. The molecule has 2 aromatic rings. The largest absolute Gasteiger partial charge is 0.328 e. The lowest BCUT2D eigenvalue weighted by molar-refractivity contribution is 0.578. The zero-order valence-corrected chi connectivity index (χ0v) is 14.6. The van der Waals surface area contributed by atoms with E-state index in [-0.39, 0.29) is 0 Å². The van der Waals surface area contributed by atoms with Crippen LogP contribution in [0.2, 0.25) is 0 Å². The van der Waals surface area contributed by atoms with Crippen LogP contribution in [0.5, 0.6) is 0 Å². The fourth-order valence-corrected chi connectivity index (χ4v) is 3.39. The average molecular weight is 325 g/mol. The van der Waals surface area contributed by atoms with Gasteiger partial charge in [-0.3, -0.25) is 0 Å². The normalized spacial score (nSPS) is 11.4. The third kappa shape index (κ3) is 4.40. The van der Waals surface area contributed by atoms with Crippen LogP contribution in [-0.4, -0.2) is 27.4 Å². The molecule has 0 spiro atoms. The van der Waals surface area contributed by atoms with Crippen LogP contribution in [0.3, 0.4) is 0 Å². The number of unbranched alkanes of at least 4 members (excludes halogenated alkanes) is 3.